The smallest absolute Gasteiger partial charge is 0.223 e. The summed E-state index contributed by atoms with van der Waals surface area (Å²) in [6.45, 7) is 3.06. The van der Waals surface area contributed by atoms with Crippen LogP contribution in [0.4, 0.5) is 0 Å². The molecule has 1 aromatic heterocycles. The largest absolute Gasteiger partial charge is 0.463 e. The summed E-state index contributed by atoms with van der Waals surface area (Å²) in [7, 11) is 0. The fourth-order valence-corrected chi connectivity index (χ4v) is 0.868. The molecule has 1 aromatic rings. The summed E-state index contributed by atoms with van der Waals surface area (Å²) in [6.07, 6.45) is 1.54. The predicted octanol–water partition coefficient (Wildman–Crippen LogP) is 0.454. The Labute approximate surface area is 86.9 Å². The molecule has 0 radical (unpaired) electrons. The van der Waals surface area contributed by atoms with Crippen molar-refractivity contribution in [1.29, 1.82) is 0 Å². The average molecular weight is 208 g/mol. The average Bonchev–Trinajstić information content (AvgIpc) is 2.65. The van der Waals surface area contributed by atoms with Crippen LogP contribution < -0.4 is 11.1 Å². The highest BCUT2D eigenvalue weighted by atomic mass is 16.3. The zero-order valence-corrected chi connectivity index (χ0v) is 8.52. The number of nitrogens with two attached hydrogens (primary N) is 1. The maximum atomic E-state index is 10.6. The molecular weight excluding hydrogens is 196 g/mol. The number of carbonyl (C=O) groups is 1. The van der Waals surface area contributed by atoms with Crippen molar-refractivity contribution in [3.8, 4) is 0 Å². The van der Waals surface area contributed by atoms with Crippen LogP contribution in [0.5, 0.6) is 0 Å². The molecule has 0 aliphatic heterocycles. The van der Waals surface area contributed by atoms with Crippen LogP contribution in [0.1, 0.15) is 19.6 Å². The van der Waals surface area contributed by atoms with Crippen LogP contribution in [0.2, 0.25) is 0 Å². The Morgan fingerprint density at radius 2 is 2.20 bits per heavy atom. The third-order valence-electron chi connectivity index (χ3n) is 1.49. The molecular formula is C9H12N4O2. The van der Waals surface area contributed by atoms with Gasteiger partial charge in [-0.1, -0.05) is 0 Å². The number of amides is 1. The van der Waals surface area contributed by atoms with Gasteiger partial charge in [0.2, 0.25) is 11.9 Å². The SMILES string of the molecule is CC(=O)N/C(N)=N/N=C(\C)c1ccco1. The van der Waals surface area contributed by atoms with Crippen molar-refractivity contribution in [3.63, 3.8) is 0 Å². The lowest BCUT2D eigenvalue weighted by molar-refractivity contribution is -0.117. The van der Waals surface area contributed by atoms with E-state index in [0.717, 1.165) is 0 Å². The van der Waals surface area contributed by atoms with Gasteiger partial charge in [0, 0.05) is 6.92 Å². The second-order valence-electron chi connectivity index (χ2n) is 2.83. The zero-order valence-electron chi connectivity index (χ0n) is 8.52. The normalized spacial score (nSPS) is 12.7. The molecule has 80 valence electrons. The lowest BCUT2D eigenvalue weighted by Gasteiger charge is -1.97. The monoisotopic (exact) mass is 208 g/mol. The van der Waals surface area contributed by atoms with Crippen LogP contribution in [0.25, 0.3) is 0 Å². The molecule has 0 saturated heterocycles. The zero-order chi connectivity index (χ0) is 11.3. The van der Waals surface area contributed by atoms with E-state index in [-0.39, 0.29) is 11.9 Å². The summed E-state index contributed by atoms with van der Waals surface area (Å²) in [5.41, 5.74) is 5.93. The molecule has 0 aliphatic rings. The van der Waals surface area contributed by atoms with Crippen molar-refractivity contribution in [2.24, 2.45) is 15.9 Å². The molecule has 0 bridgehead atoms. The fourth-order valence-electron chi connectivity index (χ4n) is 0.868. The Morgan fingerprint density at radius 3 is 2.73 bits per heavy atom. The lowest BCUT2D eigenvalue weighted by atomic mass is 10.3. The number of rotatable bonds is 2. The summed E-state index contributed by atoms with van der Waals surface area (Å²) < 4.78 is 5.08. The molecule has 0 saturated carbocycles. The van der Waals surface area contributed by atoms with Crippen molar-refractivity contribution >= 4 is 17.6 Å². The van der Waals surface area contributed by atoms with E-state index in [0.29, 0.717) is 11.5 Å². The molecule has 0 spiro atoms. The summed E-state index contributed by atoms with van der Waals surface area (Å²) in [6, 6.07) is 3.50. The Balaban J connectivity index is 2.68. The minimum absolute atomic E-state index is 0.0478. The van der Waals surface area contributed by atoms with Crippen molar-refractivity contribution in [2.75, 3.05) is 0 Å². The molecule has 6 heteroatoms. The van der Waals surface area contributed by atoms with Gasteiger partial charge in [-0.2, -0.15) is 0 Å². The van der Waals surface area contributed by atoms with E-state index in [9.17, 15) is 4.79 Å². The highest BCUT2D eigenvalue weighted by molar-refractivity contribution is 5.98. The lowest BCUT2D eigenvalue weighted by Crippen LogP contribution is -2.34. The molecule has 1 heterocycles. The van der Waals surface area contributed by atoms with Crippen LogP contribution >= 0.6 is 0 Å². The van der Waals surface area contributed by atoms with Gasteiger partial charge < -0.3 is 10.2 Å². The Hall–Kier alpha value is -2.11. The molecule has 0 atom stereocenters. The summed E-state index contributed by atoms with van der Waals surface area (Å²) in [5.74, 6) is 0.268. The van der Waals surface area contributed by atoms with E-state index >= 15 is 0 Å². The summed E-state index contributed by atoms with van der Waals surface area (Å²) in [5, 5.41) is 9.70. The molecule has 1 rings (SSSR count). The number of nitrogens with zero attached hydrogens (tertiary/aromatic N) is 2. The first kappa shape index (κ1) is 11.0. The van der Waals surface area contributed by atoms with Gasteiger partial charge in [0.05, 0.1) is 6.26 Å². The van der Waals surface area contributed by atoms with Crippen molar-refractivity contribution in [2.45, 2.75) is 13.8 Å². The summed E-state index contributed by atoms with van der Waals surface area (Å²) >= 11 is 0. The second kappa shape index (κ2) is 4.94. The quantitative estimate of drug-likeness (QED) is 0.420. The predicted molar refractivity (Wildman–Crippen MR) is 56.4 cm³/mol. The van der Waals surface area contributed by atoms with Crippen LogP contribution in [0.3, 0.4) is 0 Å². The van der Waals surface area contributed by atoms with Gasteiger partial charge in [-0.15, -0.1) is 10.2 Å². The second-order valence-corrected chi connectivity index (χ2v) is 2.83. The number of hydrogen-bond acceptors (Lipinski definition) is 4. The van der Waals surface area contributed by atoms with Crippen LogP contribution in [-0.2, 0) is 4.79 Å². The van der Waals surface area contributed by atoms with Crippen molar-refractivity contribution in [3.05, 3.63) is 24.2 Å². The molecule has 15 heavy (non-hydrogen) atoms. The molecule has 6 nitrogen and oxygen atoms in total. The van der Waals surface area contributed by atoms with E-state index in [1.807, 2.05) is 0 Å². The highest BCUT2D eigenvalue weighted by Gasteiger charge is 1.99. The standard InChI is InChI=1S/C9H12N4O2/c1-6(8-4-3-5-15-8)12-13-9(10)11-7(2)14/h3-5H,1-2H3,(H3,10,11,13,14)/b12-6+. The topological polar surface area (TPSA) is 93.0 Å². The van der Waals surface area contributed by atoms with Crippen LogP contribution in [0.15, 0.2) is 33.0 Å². The minimum atomic E-state index is -0.290. The number of hydrogen-bond donors (Lipinski definition) is 2. The third-order valence-corrected chi connectivity index (χ3v) is 1.49. The Kier molecular flexibility index (Phi) is 3.61. The van der Waals surface area contributed by atoms with Crippen molar-refractivity contribution < 1.29 is 9.21 Å². The van der Waals surface area contributed by atoms with Gasteiger partial charge in [-0.05, 0) is 19.1 Å². The number of guanidine groups is 1. The Morgan fingerprint density at radius 1 is 1.47 bits per heavy atom. The fraction of sp³-hybridized carbons (Fsp3) is 0.222. The molecule has 0 fully saturated rings. The van der Waals surface area contributed by atoms with Gasteiger partial charge in [0.25, 0.3) is 0 Å². The van der Waals surface area contributed by atoms with Gasteiger partial charge >= 0.3 is 0 Å². The van der Waals surface area contributed by atoms with Crippen LogP contribution in [0, 0.1) is 0 Å². The number of furan rings is 1. The first-order valence-electron chi connectivity index (χ1n) is 4.29. The molecule has 3 N–H and O–H groups in total. The van der Waals surface area contributed by atoms with Gasteiger partial charge in [-0.3, -0.25) is 10.1 Å². The number of nitrogens with one attached hydrogen (secondary N) is 1. The third kappa shape index (κ3) is 3.63. The minimum Gasteiger partial charge on any atom is -0.463 e. The van der Waals surface area contributed by atoms with Crippen molar-refractivity contribution in [1.82, 2.24) is 5.32 Å². The maximum Gasteiger partial charge on any atom is 0.223 e. The molecule has 0 aliphatic carbocycles. The van der Waals surface area contributed by atoms with E-state index in [1.54, 1.807) is 19.1 Å². The maximum absolute atomic E-state index is 10.6. The van der Waals surface area contributed by atoms with E-state index in [1.165, 1.54) is 13.2 Å². The first-order valence-corrected chi connectivity index (χ1v) is 4.29. The van der Waals surface area contributed by atoms with Crippen LogP contribution in [-0.4, -0.2) is 17.6 Å². The van der Waals surface area contributed by atoms with E-state index in [2.05, 4.69) is 15.5 Å². The molecule has 1 amide bonds. The van der Waals surface area contributed by atoms with Gasteiger partial charge in [0.1, 0.15) is 11.5 Å². The summed E-state index contributed by atoms with van der Waals surface area (Å²) in [4.78, 5) is 10.6. The van der Waals surface area contributed by atoms with E-state index in [4.69, 9.17) is 10.2 Å². The van der Waals surface area contributed by atoms with Gasteiger partial charge in [0.15, 0.2) is 0 Å². The highest BCUT2D eigenvalue weighted by Crippen LogP contribution is 2.01. The molecule has 0 aromatic carbocycles. The van der Waals surface area contributed by atoms with E-state index < -0.39 is 0 Å². The first-order chi connectivity index (χ1) is 7.09. The van der Waals surface area contributed by atoms with Gasteiger partial charge in [-0.25, -0.2) is 0 Å². The Bertz CT molecular complexity index is 392. The molecule has 0 unspecified atom stereocenters. The number of carbonyl (C=O) groups excluding carboxylic acids is 1.